The van der Waals surface area contributed by atoms with Crippen LogP contribution in [0.2, 0.25) is 0 Å². The standard InChI is InChI=1S/C8H13N3O2/c1-6(7(9)8(12)13-2)11-4-3-10-5-11/h3-7H,9H2,1-2H3. The van der Waals surface area contributed by atoms with Crippen molar-refractivity contribution in [1.82, 2.24) is 9.55 Å². The monoisotopic (exact) mass is 183 g/mol. The summed E-state index contributed by atoms with van der Waals surface area (Å²) in [5, 5.41) is 0. The Labute approximate surface area is 76.5 Å². The van der Waals surface area contributed by atoms with Crippen molar-refractivity contribution in [3.8, 4) is 0 Å². The highest BCUT2D eigenvalue weighted by molar-refractivity contribution is 5.75. The SMILES string of the molecule is COC(=O)C(N)C(C)n1ccnc1. The number of hydrogen-bond donors (Lipinski definition) is 1. The van der Waals surface area contributed by atoms with Gasteiger partial charge in [-0.1, -0.05) is 0 Å². The van der Waals surface area contributed by atoms with Gasteiger partial charge in [-0.15, -0.1) is 0 Å². The zero-order valence-electron chi connectivity index (χ0n) is 7.68. The number of esters is 1. The lowest BCUT2D eigenvalue weighted by atomic mass is 10.1. The predicted octanol–water partition coefficient (Wildman–Crippen LogP) is -0.0556. The summed E-state index contributed by atoms with van der Waals surface area (Å²) in [6.45, 7) is 1.84. The molecule has 0 spiro atoms. The molecule has 72 valence electrons. The molecular weight excluding hydrogens is 170 g/mol. The average Bonchev–Trinajstić information content (AvgIpc) is 2.67. The second kappa shape index (κ2) is 4.04. The minimum Gasteiger partial charge on any atom is -0.468 e. The maximum absolute atomic E-state index is 11.1. The number of carbonyl (C=O) groups excluding carboxylic acids is 1. The summed E-state index contributed by atoms with van der Waals surface area (Å²) in [4.78, 5) is 14.9. The van der Waals surface area contributed by atoms with Crippen LogP contribution in [-0.4, -0.2) is 28.7 Å². The van der Waals surface area contributed by atoms with Gasteiger partial charge in [-0.05, 0) is 6.92 Å². The first kappa shape index (κ1) is 9.73. The number of methoxy groups -OCH3 is 1. The Morgan fingerprint density at radius 1 is 1.69 bits per heavy atom. The Morgan fingerprint density at radius 3 is 2.85 bits per heavy atom. The molecule has 0 amide bonds. The van der Waals surface area contributed by atoms with Crippen molar-refractivity contribution in [3.05, 3.63) is 18.7 Å². The first-order valence-electron chi connectivity index (χ1n) is 3.97. The number of nitrogens with zero attached hydrogens (tertiary/aromatic N) is 2. The lowest BCUT2D eigenvalue weighted by molar-refractivity contribution is -0.143. The van der Waals surface area contributed by atoms with Crippen LogP contribution < -0.4 is 5.73 Å². The average molecular weight is 183 g/mol. The van der Waals surface area contributed by atoms with E-state index in [0.29, 0.717) is 0 Å². The number of nitrogens with two attached hydrogens (primary N) is 1. The molecule has 0 saturated heterocycles. The lowest BCUT2D eigenvalue weighted by Gasteiger charge is -2.18. The van der Waals surface area contributed by atoms with Gasteiger partial charge >= 0.3 is 5.97 Å². The molecule has 1 aromatic heterocycles. The van der Waals surface area contributed by atoms with Crippen molar-refractivity contribution in [2.45, 2.75) is 19.0 Å². The van der Waals surface area contributed by atoms with Gasteiger partial charge in [0, 0.05) is 12.4 Å². The van der Waals surface area contributed by atoms with Crippen LogP contribution in [-0.2, 0) is 9.53 Å². The Kier molecular flexibility index (Phi) is 3.02. The van der Waals surface area contributed by atoms with E-state index in [0.717, 1.165) is 0 Å². The quantitative estimate of drug-likeness (QED) is 0.667. The van der Waals surface area contributed by atoms with E-state index in [-0.39, 0.29) is 6.04 Å². The van der Waals surface area contributed by atoms with E-state index in [2.05, 4.69) is 9.72 Å². The molecule has 0 aliphatic carbocycles. The summed E-state index contributed by atoms with van der Waals surface area (Å²) in [5.74, 6) is -0.416. The van der Waals surface area contributed by atoms with Crippen LogP contribution in [0.4, 0.5) is 0 Å². The van der Waals surface area contributed by atoms with Crippen molar-refractivity contribution in [3.63, 3.8) is 0 Å². The van der Waals surface area contributed by atoms with Crippen molar-refractivity contribution >= 4 is 5.97 Å². The van der Waals surface area contributed by atoms with Crippen LogP contribution in [0.3, 0.4) is 0 Å². The van der Waals surface area contributed by atoms with E-state index in [1.807, 2.05) is 6.92 Å². The van der Waals surface area contributed by atoms with Gasteiger partial charge in [-0.3, -0.25) is 4.79 Å². The van der Waals surface area contributed by atoms with E-state index < -0.39 is 12.0 Å². The van der Waals surface area contributed by atoms with E-state index in [1.54, 1.807) is 23.3 Å². The van der Waals surface area contributed by atoms with Gasteiger partial charge in [0.1, 0.15) is 6.04 Å². The zero-order chi connectivity index (χ0) is 9.84. The highest BCUT2D eigenvalue weighted by Crippen LogP contribution is 2.09. The second-order valence-electron chi connectivity index (χ2n) is 2.80. The minimum absolute atomic E-state index is 0.144. The van der Waals surface area contributed by atoms with Crippen LogP contribution in [0, 0.1) is 0 Å². The Morgan fingerprint density at radius 2 is 2.38 bits per heavy atom. The molecule has 0 bridgehead atoms. The van der Waals surface area contributed by atoms with Gasteiger partial charge in [0.15, 0.2) is 0 Å². The summed E-state index contributed by atoms with van der Waals surface area (Å²) in [5.41, 5.74) is 5.64. The van der Waals surface area contributed by atoms with Crippen LogP contribution in [0.15, 0.2) is 18.7 Å². The van der Waals surface area contributed by atoms with Gasteiger partial charge < -0.3 is 15.0 Å². The molecule has 0 aliphatic rings. The lowest BCUT2D eigenvalue weighted by Crippen LogP contribution is -2.38. The van der Waals surface area contributed by atoms with Crippen LogP contribution >= 0.6 is 0 Å². The molecule has 13 heavy (non-hydrogen) atoms. The van der Waals surface area contributed by atoms with Crippen molar-refractivity contribution in [2.75, 3.05) is 7.11 Å². The number of ether oxygens (including phenoxy) is 1. The molecular formula is C8H13N3O2. The molecule has 1 aromatic rings. The number of rotatable bonds is 3. The maximum atomic E-state index is 11.1. The maximum Gasteiger partial charge on any atom is 0.324 e. The van der Waals surface area contributed by atoms with Crippen molar-refractivity contribution in [2.24, 2.45) is 5.73 Å². The molecule has 5 nitrogen and oxygen atoms in total. The number of aromatic nitrogens is 2. The topological polar surface area (TPSA) is 70.1 Å². The normalized spacial score (nSPS) is 15.0. The number of hydrogen-bond acceptors (Lipinski definition) is 4. The van der Waals surface area contributed by atoms with Crippen molar-refractivity contribution < 1.29 is 9.53 Å². The highest BCUT2D eigenvalue weighted by Gasteiger charge is 2.22. The molecule has 1 rings (SSSR count). The summed E-state index contributed by atoms with van der Waals surface area (Å²) in [7, 11) is 1.32. The van der Waals surface area contributed by atoms with Crippen molar-refractivity contribution in [1.29, 1.82) is 0 Å². The molecule has 1 heterocycles. The van der Waals surface area contributed by atoms with E-state index in [9.17, 15) is 4.79 Å². The largest absolute Gasteiger partial charge is 0.468 e. The summed E-state index contributed by atoms with van der Waals surface area (Å²) >= 11 is 0. The fraction of sp³-hybridized carbons (Fsp3) is 0.500. The molecule has 0 saturated carbocycles. The molecule has 5 heteroatoms. The Bertz CT molecular complexity index is 271. The van der Waals surface area contributed by atoms with Crippen LogP contribution in [0.5, 0.6) is 0 Å². The van der Waals surface area contributed by atoms with Crippen LogP contribution in [0.25, 0.3) is 0 Å². The Hall–Kier alpha value is -1.36. The first-order chi connectivity index (χ1) is 6.16. The minimum atomic E-state index is -0.654. The van der Waals surface area contributed by atoms with Gasteiger partial charge in [0.05, 0.1) is 19.5 Å². The fourth-order valence-electron chi connectivity index (χ4n) is 1.03. The molecule has 0 fully saturated rings. The predicted molar refractivity (Wildman–Crippen MR) is 46.9 cm³/mol. The molecule has 2 unspecified atom stereocenters. The van der Waals surface area contributed by atoms with E-state index in [1.165, 1.54) is 7.11 Å². The summed E-state index contributed by atoms with van der Waals surface area (Å²) < 4.78 is 6.30. The third-order valence-electron chi connectivity index (χ3n) is 1.99. The smallest absolute Gasteiger partial charge is 0.324 e. The Balaban J connectivity index is 2.68. The van der Waals surface area contributed by atoms with Gasteiger partial charge in [-0.25, -0.2) is 4.98 Å². The van der Waals surface area contributed by atoms with Gasteiger partial charge in [0.2, 0.25) is 0 Å². The molecule has 0 aliphatic heterocycles. The molecule has 0 aromatic carbocycles. The summed E-state index contributed by atoms with van der Waals surface area (Å²) in [6, 6.07) is -0.797. The number of carbonyl (C=O) groups is 1. The molecule has 2 N–H and O–H groups in total. The zero-order valence-corrected chi connectivity index (χ0v) is 7.68. The summed E-state index contributed by atoms with van der Waals surface area (Å²) in [6.07, 6.45) is 5.02. The molecule has 0 radical (unpaired) electrons. The van der Waals surface area contributed by atoms with E-state index >= 15 is 0 Å². The third-order valence-corrected chi connectivity index (χ3v) is 1.99. The number of imidazole rings is 1. The highest BCUT2D eigenvalue weighted by atomic mass is 16.5. The molecule has 2 atom stereocenters. The van der Waals surface area contributed by atoms with Gasteiger partial charge in [-0.2, -0.15) is 0 Å². The first-order valence-corrected chi connectivity index (χ1v) is 3.97. The second-order valence-corrected chi connectivity index (χ2v) is 2.80. The van der Waals surface area contributed by atoms with Crippen LogP contribution in [0.1, 0.15) is 13.0 Å². The fourth-order valence-corrected chi connectivity index (χ4v) is 1.03. The third kappa shape index (κ3) is 2.06. The van der Waals surface area contributed by atoms with Gasteiger partial charge in [0.25, 0.3) is 0 Å². The van der Waals surface area contributed by atoms with E-state index in [4.69, 9.17) is 5.73 Å².